The number of aromatic nitrogens is 1. The van der Waals surface area contributed by atoms with Crippen LogP contribution in [-0.2, 0) is 0 Å². The largest absolute Gasteiger partial charge is 0.504 e. The van der Waals surface area contributed by atoms with Gasteiger partial charge >= 0.3 is 0 Å². The van der Waals surface area contributed by atoms with E-state index in [-0.39, 0.29) is 5.75 Å². The molecule has 0 aliphatic carbocycles. The molecule has 2 heterocycles. The molecule has 2 N–H and O–H groups in total. The average molecular weight is 517 g/mol. The molecule has 0 spiro atoms. The zero-order valence-electron chi connectivity index (χ0n) is 21.6. The van der Waals surface area contributed by atoms with Gasteiger partial charge in [0.05, 0.1) is 24.3 Å². The summed E-state index contributed by atoms with van der Waals surface area (Å²) in [6, 6.07) is 16.2. The predicted molar refractivity (Wildman–Crippen MR) is 151 cm³/mol. The summed E-state index contributed by atoms with van der Waals surface area (Å²) in [5, 5.41) is 15.4. The quantitative estimate of drug-likeness (QED) is 0.267. The van der Waals surface area contributed by atoms with Gasteiger partial charge in [0, 0.05) is 28.8 Å². The van der Waals surface area contributed by atoms with Crippen molar-refractivity contribution in [1.82, 2.24) is 10.3 Å². The fourth-order valence-corrected chi connectivity index (χ4v) is 5.50. The average Bonchev–Trinajstić information content (AvgIpc) is 2.88. The number of nitrogens with one attached hydrogen (secondary N) is 1. The molecule has 1 aliphatic heterocycles. The number of phenols is 1. The molecule has 3 aromatic carbocycles. The van der Waals surface area contributed by atoms with Crippen molar-refractivity contribution in [1.29, 1.82) is 0 Å². The highest BCUT2D eigenvalue weighted by molar-refractivity contribution is 6.34. The first-order chi connectivity index (χ1) is 17.9. The summed E-state index contributed by atoms with van der Waals surface area (Å²) in [4.78, 5) is 4.77. The molecule has 0 radical (unpaired) electrons. The number of benzene rings is 3. The van der Waals surface area contributed by atoms with Crippen LogP contribution < -0.4 is 14.8 Å². The summed E-state index contributed by atoms with van der Waals surface area (Å²) >= 11 is 6.72. The minimum atomic E-state index is 0.0646. The molecule has 4 aromatic rings. The van der Waals surface area contributed by atoms with Crippen LogP contribution in [0.2, 0.25) is 5.02 Å². The van der Waals surface area contributed by atoms with E-state index in [4.69, 9.17) is 26.1 Å². The summed E-state index contributed by atoms with van der Waals surface area (Å²) in [6.07, 6.45) is 6.53. The van der Waals surface area contributed by atoms with Crippen molar-refractivity contribution in [3.63, 3.8) is 0 Å². The van der Waals surface area contributed by atoms with E-state index in [1.54, 1.807) is 12.1 Å². The lowest BCUT2D eigenvalue weighted by molar-refractivity contribution is 0.271. The van der Waals surface area contributed by atoms with E-state index < -0.39 is 0 Å². The molecule has 192 valence electrons. The molecule has 1 aromatic heterocycles. The maximum absolute atomic E-state index is 10.4. The van der Waals surface area contributed by atoms with Crippen molar-refractivity contribution in [3.8, 4) is 39.5 Å². The number of phenolic OH excluding ortho intramolecular Hbond substituents is 1. The highest BCUT2D eigenvalue weighted by atomic mass is 35.5. The third-order valence-electron chi connectivity index (χ3n) is 7.05. The van der Waals surface area contributed by atoms with Crippen LogP contribution in [0.15, 0.2) is 54.7 Å². The Morgan fingerprint density at radius 3 is 2.51 bits per heavy atom. The number of methoxy groups -OCH3 is 1. The molecular formula is C31H33ClN2O3. The van der Waals surface area contributed by atoms with Crippen LogP contribution in [0, 0.1) is 13.8 Å². The molecule has 37 heavy (non-hydrogen) atoms. The van der Waals surface area contributed by atoms with Gasteiger partial charge in [-0.3, -0.25) is 4.98 Å². The fraction of sp³-hybridized carbons (Fsp3) is 0.323. The van der Waals surface area contributed by atoms with Crippen LogP contribution in [0.5, 0.6) is 17.2 Å². The monoisotopic (exact) mass is 516 g/mol. The Labute approximate surface area is 223 Å². The number of piperidine rings is 1. The van der Waals surface area contributed by atoms with Gasteiger partial charge in [0.25, 0.3) is 0 Å². The normalized spacial score (nSPS) is 15.6. The van der Waals surface area contributed by atoms with E-state index in [2.05, 4.69) is 37.4 Å². The molecule has 6 heteroatoms. The lowest BCUT2D eigenvalue weighted by Crippen LogP contribution is -2.35. The lowest BCUT2D eigenvalue weighted by Gasteiger charge is -2.24. The van der Waals surface area contributed by atoms with Gasteiger partial charge in [0.2, 0.25) is 0 Å². The maximum atomic E-state index is 10.4. The van der Waals surface area contributed by atoms with Gasteiger partial charge in [-0.15, -0.1) is 0 Å². The van der Waals surface area contributed by atoms with Gasteiger partial charge in [-0.25, -0.2) is 0 Å². The first-order valence-electron chi connectivity index (χ1n) is 12.9. The minimum Gasteiger partial charge on any atom is -0.504 e. The SMILES string of the molecule is COc1ccc(-c2cc3c(OCCC4CCCCN4)c(-c4cc(C)cc(C)c4)cnc3cc2Cl)cc1O. The Balaban J connectivity index is 1.61. The van der Waals surface area contributed by atoms with Crippen LogP contribution in [0.25, 0.3) is 33.2 Å². The second-order valence-electron chi connectivity index (χ2n) is 9.90. The van der Waals surface area contributed by atoms with E-state index in [0.717, 1.165) is 51.9 Å². The summed E-state index contributed by atoms with van der Waals surface area (Å²) in [5.74, 6) is 1.29. The number of aromatic hydroxyl groups is 1. The maximum Gasteiger partial charge on any atom is 0.160 e. The Morgan fingerprint density at radius 1 is 1.00 bits per heavy atom. The molecule has 1 saturated heterocycles. The topological polar surface area (TPSA) is 63.6 Å². The highest BCUT2D eigenvalue weighted by Crippen LogP contribution is 2.42. The van der Waals surface area contributed by atoms with E-state index in [0.29, 0.717) is 23.4 Å². The van der Waals surface area contributed by atoms with Gasteiger partial charge < -0.3 is 19.9 Å². The minimum absolute atomic E-state index is 0.0646. The third-order valence-corrected chi connectivity index (χ3v) is 7.37. The van der Waals surface area contributed by atoms with E-state index in [9.17, 15) is 5.11 Å². The van der Waals surface area contributed by atoms with Gasteiger partial charge in [0.15, 0.2) is 11.5 Å². The number of halogens is 1. The van der Waals surface area contributed by atoms with Crippen LogP contribution in [0.4, 0.5) is 0 Å². The molecule has 5 nitrogen and oxygen atoms in total. The number of rotatable bonds is 7. The van der Waals surface area contributed by atoms with Crippen molar-refractivity contribution in [2.75, 3.05) is 20.3 Å². The molecule has 0 bridgehead atoms. The standard InChI is InChI=1S/C31H33ClN2O3/c1-19-12-20(2)14-22(13-19)26-18-34-28-17-27(32)24(21-7-8-30(36-3)29(35)15-21)16-25(28)31(26)37-11-9-23-6-4-5-10-33-23/h7-8,12-18,23,33,35H,4-6,9-11H2,1-3H3. The van der Waals surface area contributed by atoms with Crippen molar-refractivity contribution in [2.24, 2.45) is 0 Å². The first kappa shape index (κ1) is 25.4. The Morgan fingerprint density at radius 2 is 1.81 bits per heavy atom. The third kappa shape index (κ3) is 5.53. The smallest absolute Gasteiger partial charge is 0.160 e. The predicted octanol–water partition coefficient (Wildman–Crippen LogP) is 7.46. The molecule has 1 aliphatic rings. The van der Waals surface area contributed by atoms with E-state index in [1.165, 1.54) is 37.5 Å². The number of hydrogen-bond donors (Lipinski definition) is 2. The number of pyridine rings is 1. The lowest BCUT2D eigenvalue weighted by atomic mass is 9.97. The Kier molecular flexibility index (Phi) is 7.54. The number of nitrogens with zero attached hydrogens (tertiary/aromatic N) is 1. The second-order valence-corrected chi connectivity index (χ2v) is 10.3. The number of ether oxygens (including phenoxy) is 2. The van der Waals surface area contributed by atoms with Crippen LogP contribution in [0.3, 0.4) is 0 Å². The van der Waals surface area contributed by atoms with Crippen molar-refractivity contribution < 1.29 is 14.6 Å². The van der Waals surface area contributed by atoms with E-state index >= 15 is 0 Å². The van der Waals surface area contributed by atoms with Gasteiger partial charge in [-0.2, -0.15) is 0 Å². The number of fused-ring (bicyclic) bond motifs is 1. The summed E-state index contributed by atoms with van der Waals surface area (Å²) in [5.41, 5.74) is 6.78. The van der Waals surface area contributed by atoms with Crippen LogP contribution >= 0.6 is 11.6 Å². The summed E-state index contributed by atoms with van der Waals surface area (Å²) < 4.78 is 11.8. The molecule has 0 amide bonds. The van der Waals surface area contributed by atoms with Crippen molar-refractivity contribution in [2.45, 2.75) is 45.6 Å². The van der Waals surface area contributed by atoms with Gasteiger partial charge in [-0.05, 0) is 75.0 Å². The van der Waals surface area contributed by atoms with Crippen LogP contribution in [-0.4, -0.2) is 36.4 Å². The van der Waals surface area contributed by atoms with Gasteiger partial charge in [0.1, 0.15) is 5.75 Å². The molecule has 5 rings (SSSR count). The zero-order chi connectivity index (χ0) is 25.9. The number of aryl methyl sites for hydroxylation is 2. The van der Waals surface area contributed by atoms with Crippen molar-refractivity contribution in [3.05, 3.63) is 70.9 Å². The van der Waals surface area contributed by atoms with Crippen molar-refractivity contribution >= 4 is 22.5 Å². The van der Waals surface area contributed by atoms with Crippen LogP contribution in [0.1, 0.15) is 36.8 Å². The number of hydrogen-bond acceptors (Lipinski definition) is 5. The van der Waals surface area contributed by atoms with Gasteiger partial charge in [-0.1, -0.05) is 53.4 Å². The van der Waals surface area contributed by atoms with E-state index in [1.807, 2.05) is 24.4 Å². The zero-order valence-corrected chi connectivity index (χ0v) is 22.4. The molecule has 1 fully saturated rings. The Bertz CT molecular complexity index is 1410. The highest BCUT2D eigenvalue weighted by Gasteiger charge is 2.18. The molecule has 1 atom stereocenters. The first-order valence-corrected chi connectivity index (χ1v) is 13.2. The molecular weight excluding hydrogens is 484 g/mol. The fourth-order valence-electron chi connectivity index (χ4n) is 5.23. The Hall–Kier alpha value is -3.28. The molecule has 1 unspecified atom stereocenters. The summed E-state index contributed by atoms with van der Waals surface area (Å²) in [6.45, 7) is 5.89. The molecule has 0 saturated carbocycles. The second kappa shape index (κ2) is 11.0. The summed E-state index contributed by atoms with van der Waals surface area (Å²) in [7, 11) is 1.53.